The van der Waals surface area contributed by atoms with Crippen LogP contribution in [0.3, 0.4) is 0 Å². The lowest BCUT2D eigenvalue weighted by atomic mass is 10.1. The molecule has 3 rings (SSSR count). The molecule has 116 valence electrons. The summed E-state index contributed by atoms with van der Waals surface area (Å²) in [5.41, 5.74) is 2.93. The molecule has 7 heteroatoms. The summed E-state index contributed by atoms with van der Waals surface area (Å²) in [7, 11) is 0. The van der Waals surface area contributed by atoms with E-state index < -0.39 is 4.92 Å². The second-order valence-electron chi connectivity index (χ2n) is 4.90. The van der Waals surface area contributed by atoms with E-state index in [1.807, 2.05) is 12.1 Å². The van der Waals surface area contributed by atoms with Crippen LogP contribution in [-0.4, -0.2) is 15.1 Å². The van der Waals surface area contributed by atoms with Crippen molar-refractivity contribution in [3.8, 4) is 10.6 Å². The topological polar surface area (TPSA) is 81.0 Å². The van der Waals surface area contributed by atoms with Crippen molar-refractivity contribution in [1.82, 2.24) is 10.2 Å². The molecule has 0 spiro atoms. The normalized spacial score (nSPS) is 10.5. The molecular weight excluding hydrogens is 312 g/mol. The molecular formula is C16H14N4O2S. The zero-order valence-corrected chi connectivity index (χ0v) is 13.2. The maximum atomic E-state index is 10.8. The molecule has 1 heterocycles. The van der Waals surface area contributed by atoms with Crippen molar-refractivity contribution in [2.45, 2.75) is 13.3 Å². The van der Waals surface area contributed by atoms with Crippen molar-refractivity contribution in [3.63, 3.8) is 0 Å². The van der Waals surface area contributed by atoms with Gasteiger partial charge in [0.05, 0.1) is 4.92 Å². The third-order valence-electron chi connectivity index (χ3n) is 3.34. The molecule has 2 aromatic carbocycles. The van der Waals surface area contributed by atoms with Crippen molar-refractivity contribution in [3.05, 3.63) is 64.2 Å². The Morgan fingerprint density at radius 2 is 1.96 bits per heavy atom. The molecule has 0 amide bonds. The first-order valence-corrected chi connectivity index (χ1v) is 7.91. The quantitative estimate of drug-likeness (QED) is 0.554. The summed E-state index contributed by atoms with van der Waals surface area (Å²) >= 11 is 1.36. The number of nitrogens with zero attached hydrogens (tertiary/aromatic N) is 3. The minimum absolute atomic E-state index is 0.0439. The van der Waals surface area contributed by atoms with Crippen molar-refractivity contribution in [2.24, 2.45) is 0 Å². The highest BCUT2D eigenvalue weighted by Gasteiger charge is 2.11. The molecule has 0 saturated carbocycles. The number of non-ortho nitro benzene ring substituents is 1. The summed E-state index contributed by atoms with van der Waals surface area (Å²) in [5, 5.41) is 23.5. The van der Waals surface area contributed by atoms with Crippen LogP contribution >= 0.6 is 11.3 Å². The van der Waals surface area contributed by atoms with Crippen molar-refractivity contribution < 1.29 is 4.92 Å². The fourth-order valence-corrected chi connectivity index (χ4v) is 2.85. The van der Waals surface area contributed by atoms with Gasteiger partial charge in [-0.15, -0.1) is 10.2 Å². The summed E-state index contributed by atoms with van der Waals surface area (Å²) in [6.07, 6.45) is 0.996. The van der Waals surface area contributed by atoms with E-state index in [-0.39, 0.29) is 5.69 Å². The lowest BCUT2D eigenvalue weighted by molar-refractivity contribution is -0.384. The molecule has 0 atom stereocenters. The Morgan fingerprint density at radius 1 is 1.17 bits per heavy atom. The number of benzene rings is 2. The zero-order valence-electron chi connectivity index (χ0n) is 12.4. The van der Waals surface area contributed by atoms with Gasteiger partial charge in [0, 0.05) is 23.4 Å². The second-order valence-corrected chi connectivity index (χ2v) is 5.87. The molecule has 0 saturated heterocycles. The third kappa shape index (κ3) is 3.51. The highest BCUT2D eigenvalue weighted by Crippen LogP contribution is 2.30. The molecule has 23 heavy (non-hydrogen) atoms. The number of anilines is 2. The Morgan fingerprint density at radius 3 is 2.65 bits per heavy atom. The SMILES string of the molecule is CCc1ccc(Nc2nnc(-c3cccc([N+](=O)[O-])c3)s2)cc1. The molecule has 0 aliphatic carbocycles. The van der Waals surface area contributed by atoms with E-state index in [9.17, 15) is 10.1 Å². The molecule has 0 radical (unpaired) electrons. The van der Waals surface area contributed by atoms with Crippen LogP contribution in [0.25, 0.3) is 10.6 Å². The number of nitro groups is 1. The summed E-state index contributed by atoms with van der Waals surface area (Å²) in [5.74, 6) is 0. The van der Waals surface area contributed by atoms with Gasteiger partial charge in [-0.1, -0.05) is 42.5 Å². The fraction of sp³-hybridized carbons (Fsp3) is 0.125. The van der Waals surface area contributed by atoms with E-state index in [1.54, 1.807) is 12.1 Å². The predicted octanol–water partition coefficient (Wildman–Crippen LogP) is 4.42. The lowest BCUT2D eigenvalue weighted by Crippen LogP contribution is -1.89. The van der Waals surface area contributed by atoms with Gasteiger partial charge in [0.1, 0.15) is 5.01 Å². The molecule has 6 nitrogen and oxygen atoms in total. The van der Waals surface area contributed by atoms with Gasteiger partial charge in [0.15, 0.2) is 0 Å². The van der Waals surface area contributed by atoms with E-state index >= 15 is 0 Å². The van der Waals surface area contributed by atoms with E-state index in [0.29, 0.717) is 15.7 Å². The van der Waals surface area contributed by atoms with Crippen LogP contribution in [0.2, 0.25) is 0 Å². The van der Waals surface area contributed by atoms with Crippen LogP contribution in [0, 0.1) is 10.1 Å². The molecule has 0 unspecified atom stereocenters. The number of aromatic nitrogens is 2. The molecule has 1 aromatic heterocycles. The lowest BCUT2D eigenvalue weighted by Gasteiger charge is -2.02. The van der Waals surface area contributed by atoms with Crippen molar-refractivity contribution in [2.75, 3.05) is 5.32 Å². The Labute approximate surface area is 137 Å². The fourth-order valence-electron chi connectivity index (χ4n) is 2.09. The molecule has 0 bridgehead atoms. The predicted molar refractivity (Wildman–Crippen MR) is 91.1 cm³/mol. The number of nitrogens with one attached hydrogen (secondary N) is 1. The first-order chi connectivity index (χ1) is 11.2. The minimum atomic E-state index is -0.418. The van der Waals surface area contributed by atoms with Crippen LogP contribution in [0.4, 0.5) is 16.5 Å². The van der Waals surface area contributed by atoms with Crippen LogP contribution in [0.5, 0.6) is 0 Å². The van der Waals surface area contributed by atoms with Gasteiger partial charge < -0.3 is 5.32 Å². The Bertz CT molecular complexity index is 830. The summed E-state index contributed by atoms with van der Waals surface area (Å²) in [4.78, 5) is 10.4. The standard InChI is InChI=1S/C16H14N4O2S/c1-2-11-6-8-13(9-7-11)17-16-19-18-15(23-16)12-4-3-5-14(10-12)20(21)22/h3-10H,2H2,1H3,(H,17,19). The van der Waals surface area contributed by atoms with E-state index in [0.717, 1.165) is 12.1 Å². The van der Waals surface area contributed by atoms with Crippen LogP contribution < -0.4 is 5.32 Å². The first-order valence-electron chi connectivity index (χ1n) is 7.10. The van der Waals surface area contributed by atoms with Gasteiger partial charge in [-0.05, 0) is 24.1 Å². The third-order valence-corrected chi connectivity index (χ3v) is 4.23. The number of rotatable bonds is 5. The number of aryl methyl sites for hydroxylation is 1. The average molecular weight is 326 g/mol. The van der Waals surface area contributed by atoms with Gasteiger partial charge in [0.2, 0.25) is 5.13 Å². The second kappa shape index (κ2) is 6.53. The largest absolute Gasteiger partial charge is 0.330 e. The van der Waals surface area contributed by atoms with Gasteiger partial charge in [-0.2, -0.15) is 0 Å². The molecule has 1 N–H and O–H groups in total. The van der Waals surface area contributed by atoms with Gasteiger partial charge in [0.25, 0.3) is 5.69 Å². The molecule has 0 aliphatic rings. The average Bonchev–Trinajstić information content (AvgIpc) is 3.04. The maximum absolute atomic E-state index is 10.8. The van der Waals surface area contributed by atoms with E-state index in [2.05, 4.69) is 34.6 Å². The smallest absolute Gasteiger partial charge is 0.270 e. The Kier molecular flexibility index (Phi) is 4.29. The van der Waals surface area contributed by atoms with Crippen LogP contribution in [0.15, 0.2) is 48.5 Å². The summed E-state index contributed by atoms with van der Waals surface area (Å²) < 4.78 is 0. The molecule has 0 aliphatic heterocycles. The number of nitro benzene ring substituents is 1. The van der Waals surface area contributed by atoms with Crippen molar-refractivity contribution >= 4 is 27.8 Å². The van der Waals surface area contributed by atoms with Gasteiger partial charge >= 0.3 is 0 Å². The van der Waals surface area contributed by atoms with Crippen LogP contribution in [0.1, 0.15) is 12.5 Å². The summed E-state index contributed by atoms with van der Waals surface area (Å²) in [6, 6.07) is 14.5. The number of hydrogen-bond acceptors (Lipinski definition) is 6. The van der Waals surface area contributed by atoms with Gasteiger partial charge in [-0.25, -0.2) is 0 Å². The Balaban J connectivity index is 1.79. The van der Waals surface area contributed by atoms with Crippen LogP contribution in [-0.2, 0) is 6.42 Å². The molecule has 3 aromatic rings. The van der Waals surface area contributed by atoms with E-state index in [1.165, 1.54) is 29.0 Å². The maximum Gasteiger partial charge on any atom is 0.270 e. The molecule has 0 fully saturated rings. The van der Waals surface area contributed by atoms with Crippen molar-refractivity contribution in [1.29, 1.82) is 0 Å². The summed E-state index contributed by atoms with van der Waals surface area (Å²) in [6.45, 7) is 2.11. The highest BCUT2D eigenvalue weighted by molar-refractivity contribution is 7.18. The van der Waals surface area contributed by atoms with Gasteiger partial charge in [-0.3, -0.25) is 10.1 Å². The Hall–Kier alpha value is -2.80. The minimum Gasteiger partial charge on any atom is -0.330 e. The zero-order chi connectivity index (χ0) is 16.2. The monoisotopic (exact) mass is 326 g/mol. The highest BCUT2D eigenvalue weighted by atomic mass is 32.1. The van der Waals surface area contributed by atoms with E-state index in [4.69, 9.17) is 0 Å². The first kappa shape index (κ1) is 15.1. The number of hydrogen-bond donors (Lipinski definition) is 1.